The molecule has 6 atom stereocenters. The molecule has 222 valence electrons. The van der Waals surface area contributed by atoms with Gasteiger partial charge < -0.3 is 14.9 Å². The van der Waals surface area contributed by atoms with E-state index in [0.717, 1.165) is 12.5 Å². The summed E-state index contributed by atoms with van der Waals surface area (Å²) in [4.78, 5) is 69.0. The van der Waals surface area contributed by atoms with Crippen LogP contribution in [-0.2, 0) is 30.3 Å². The third-order valence-corrected chi connectivity index (χ3v) is 10.7. The van der Waals surface area contributed by atoms with E-state index in [1.165, 1.54) is 0 Å². The summed E-state index contributed by atoms with van der Waals surface area (Å²) in [6.07, 6.45) is 1.72. The Balaban J connectivity index is 1.73. The van der Waals surface area contributed by atoms with Gasteiger partial charge in [-0.05, 0) is 72.5 Å². The molecule has 41 heavy (non-hydrogen) atoms. The van der Waals surface area contributed by atoms with Crippen LogP contribution in [0.1, 0.15) is 107 Å². The fourth-order valence-electron chi connectivity index (χ4n) is 9.09. The Kier molecular flexibility index (Phi) is 7.02. The minimum atomic E-state index is -2.68. The van der Waals surface area contributed by atoms with Gasteiger partial charge in [0.15, 0.2) is 28.7 Å². The fraction of sp³-hybridized carbons (Fsp3) is 0.667. The van der Waals surface area contributed by atoms with Gasteiger partial charge in [0.2, 0.25) is 0 Å². The summed E-state index contributed by atoms with van der Waals surface area (Å²) in [5.74, 6) is -8.54. The zero-order chi connectivity index (χ0) is 30.4. The predicted octanol–water partition coefficient (Wildman–Crippen LogP) is 4.11. The van der Waals surface area contributed by atoms with Crippen LogP contribution >= 0.6 is 0 Å². The standard InChI is InChI=1S/C33H42O8/c1-15(2)19-12-20(18-8-10-41-11-9-18)26(35)23-21(19)13-31(6)14-32(7)24(16(3)4)27(36)22(17(5)34)29(38)33(32,40)30(39)25(31)28(23)37/h12,15-16,18,22,24-25,35,40H,8-11,13-14H2,1-7H3/t22?,24?,25?,31-,32-,33+/m1/s1. The van der Waals surface area contributed by atoms with Gasteiger partial charge in [-0.1, -0.05) is 47.6 Å². The summed E-state index contributed by atoms with van der Waals surface area (Å²) in [7, 11) is 0. The van der Waals surface area contributed by atoms with Gasteiger partial charge in [-0.15, -0.1) is 0 Å². The topological polar surface area (TPSA) is 135 Å². The summed E-state index contributed by atoms with van der Waals surface area (Å²) in [6.45, 7) is 13.3. The van der Waals surface area contributed by atoms with E-state index in [1.807, 2.05) is 26.8 Å². The Labute approximate surface area is 241 Å². The molecule has 0 amide bonds. The van der Waals surface area contributed by atoms with Gasteiger partial charge in [-0.3, -0.25) is 24.0 Å². The number of aromatic hydroxyl groups is 1. The second kappa shape index (κ2) is 9.66. The zero-order valence-corrected chi connectivity index (χ0v) is 25.1. The number of phenols is 1. The van der Waals surface area contributed by atoms with Gasteiger partial charge in [-0.2, -0.15) is 0 Å². The average molecular weight is 567 g/mol. The molecule has 3 unspecified atom stereocenters. The fourth-order valence-corrected chi connectivity index (χ4v) is 9.09. The molecule has 8 heteroatoms. The van der Waals surface area contributed by atoms with Crippen molar-refractivity contribution in [1.29, 1.82) is 0 Å². The molecule has 4 aliphatic rings. The molecule has 1 aromatic rings. The van der Waals surface area contributed by atoms with Crippen LogP contribution in [0, 0.1) is 34.5 Å². The molecule has 1 aliphatic heterocycles. The molecule has 0 aromatic heterocycles. The average Bonchev–Trinajstić information content (AvgIpc) is 2.86. The van der Waals surface area contributed by atoms with E-state index >= 15 is 0 Å². The van der Waals surface area contributed by atoms with Gasteiger partial charge in [0, 0.05) is 24.5 Å². The van der Waals surface area contributed by atoms with Crippen LogP contribution in [-0.4, -0.2) is 57.9 Å². The number of benzene rings is 1. The summed E-state index contributed by atoms with van der Waals surface area (Å²) in [6, 6.07) is 2.00. The summed E-state index contributed by atoms with van der Waals surface area (Å²) in [5.41, 5.74) is -2.83. The minimum Gasteiger partial charge on any atom is -0.507 e. The maximum Gasteiger partial charge on any atom is 0.190 e. The summed E-state index contributed by atoms with van der Waals surface area (Å²) < 4.78 is 5.51. The first-order valence-electron chi connectivity index (χ1n) is 14.9. The molecule has 0 bridgehead atoms. The Morgan fingerprint density at radius 3 is 2.17 bits per heavy atom. The van der Waals surface area contributed by atoms with E-state index < -0.39 is 63.1 Å². The van der Waals surface area contributed by atoms with Crippen LogP contribution in [0.3, 0.4) is 0 Å². The van der Waals surface area contributed by atoms with Crippen LogP contribution in [0.25, 0.3) is 0 Å². The molecular formula is C33H42O8. The molecule has 1 heterocycles. The normalized spacial score (nSPS) is 35.9. The molecule has 2 N–H and O–H groups in total. The Hall–Kier alpha value is -2.71. The Morgan fingerprint density at radius 2 is 1.63 bits per heavy atom. The molecule has 0 radical (unpaired) electrons. The van der Waals surface area contributed by atoms with Crippen molar-refractivity contribution in [2.75, 3.05) is 13.2 Å². The number of aliphatic hydroxyl groups is 1. The van der Waals surface area contributed by atoms with Crippen molar-refractivity contribution in [3.8, 4) is 5.75 Å². The van der Waals surface area contributed by atoms with Crippen LogP contribution in [0.15, 0.2) is 6.07 Å². The minimum absolute atomic E-state index is 0.00347. The highest BCUT2D eigenvalue weighted by atomic mass is 16.5. The Morgan fingerprint density at radius 1 is 1.02 bits per heavy atom. The second-order valence-corrected chi connectivity index (χ2v) is 14.1. The predicted molar refractivity (Wildman–Crippen MR) is 150 cm³/mol. The quantitative estimate of drug-likeness (QED) is 0.520. The van der Waals surface area contributed by atoms with E-state index in [2.05, 4.69) is 0 Å². The number of rotatable bonds is 4. The summed E-state index contributed by atoms with van der Waals surface area (Å²) in [5, 5.41) is 23.8. The van der Waals surface area contributed by atoms with Crippen molar-refractivity contribution in [2.45, 2.75) is 91.6 Å². The lowest BCUT2D eigenvalue weighted by molar-refractivity contribution is -0.205. The number of ketones is 5. The van der Waals surface area contributed by atoms with Gasteiger partial charge in [0.05, 0.1) is 11.5 Å². The van der Waals surface area contributed by atoms with Gasteiger partial charge >= 0.3 is 0 Å². The van der Waals surface area contributed by atoms with Crippen molar-refractivity contribution in [3.05, 3.63) is 28.3 Å². The molecule has 8 nitrogen and oxygen atoms in total. The smallest absolute Gasteiger partial charge is 0.190 e. The maximum absolute atomic E-state index is 14.5. The number of Topliss-reactive ketones (excluding diaryl/α,β-unsaturated/α-hetero) is 5. The van der Waals surface area contributed by atoms with E-state index in [1.54, 1.807) is 20.8 Å². The number of hydrogen-bond acceptors (Lipinski definition) is 8. The lowest BCUT2D eigenvalue weighted by Gasteiger charge is -2.62. The molecule has 1 aromatic carbocycles. The van der Waals surface area contributed by atoms with Crippen LogP contribution in [0.5, 0.6) is 5.75 Å². The molecule has 1 saturated heterocycles. The van der Waals surface area contributed by atoms with Crippen molar-refractivity contribution < 1.29 is 38.9 Å². The number of hydrogen-bond donors (Lipinski definition) is 2. The molecule has 0 spiro atoms. The molecular weight excluding hydrogens is 524 g/mol. The van der Waals surface area contributed by atoms with Crippen molar-refractivity contribution in [2.24, 2.45) is 34.5 Å². The second-order valence-electron chi connectivity index (χ2n) is 14.1. The highest BCUT2D eigenvalue weighted by molar-refractivity contribution is 6.32. The number of carbonyl (C=O) groups is 5. The van der Waals surface area contributed by atoms with E-state index in [9.17, 15) is 34.2 Å². The highest BCUT2D eigenvalue weighted by Gasteiger charge is 2.76. The molecule has 5 rings (SSSR count). The zero-order valence-electron chi connectivity index (χ0n) is 25.1. The number of phenolic OH excluding ortho intramolecular Hbond substituents is 1. The first-order valence-corrected chi connectivity index (χ1v) is 14.9. The first kappa shape index (κ1) is 29.8. The monoisotopic (exact) mass is 566 g/mol. The summed E-state index contributed by atoms with van der Waals surface area (Å²) >= 11 is 0. The number of fused-ring (bicyclic) bond motifs is 3. The lowest BCUT2D eigenvalue weighted by Crippen LogP contribution is -2.76. The van der Waals surface area contributed by atoms with Gasteiger partial charge in [-0.25, -0.2) is 0 Å². The maximum atomic E-state index is 14.5. The van der Waals surface area contributed by atoms with Crippen LogP contribution in [0.4, 0.5) is 0 Å². The molecule has 3 aliphatic carbocycles. The third kappa shape index (κ3) is 3.89. The van der Waals surface area contributed by atoms with E-state index in [0.29, 0.717) is 37.2 Å². The van der Waals surface area contributed by atoms with Crippen molar-refractivity contribution >= 4 is 28.9 Å². The third-order valence-electron chi connectivity index (χ3n) is 10.7. The van der Waals surface area contributed by atoms with Gasteiger partial charge in [0.1, 0.15) is 17.5 Å². The van der Waals surface area contributed by atoms with Crippen LogP contribution < -0.4 is 0 Å². The van der Waals surface area contributed by atoms with Crippen molar-refractivity contribution in [1.82, 2.24) is 0 Å². The van der Waals surface area contributed by atoms with E-state index in [4.69, 9.17) is 4.74 Å². The highest BCUT2D eigenvalue weighted by Crippen LogP contribution is 2.64. The molecule has 2 saturated carbocycles. The SMILES string of the molecule is CC(=O)C1C(=O)C(C(C)C)[C@@]2(C)C[C@@]3(C)Cc4c(C(C)C)cc(C5CCOCC5)c(O)c4C(=O)C3C(=O)[C@@]2(O)C1=O. The first-order chi connectivity index (χ1) is 19.0. The Bertz CT molecular complexity index is 1370. The van der Waals surface area contributed by atoms with Crippen molar-refractivity contribution in [3.63, 3.8) is 0 Å². The van der Waals surface area contributed by atoms with E-state index in [-0.39, 0.29) is 41.9 Å². The number of carbonyl (C=O) groups excluding carboxylic acids is 5. The largest absolute Gasteiger partial charge is 0.507 e. The lowest BCUT2D eigenvalue weighted by atomic mass is 9.39. The number of ether oxygens (including phenoxy) is 1. The van der Waals surface area contributed by atoms with Gasteiger partial charge in [0.25, 0.3) is 0 Å². The van der Waals surface area contributed by atoms with Crippen LogP contribution in [0.2, 0.25) is 0 Å². The molecule has 3 fully saturated rings.